The van der Waals surface area contributed by atoms with Gasteiger partial charge in [-0.05, 0) is 38.1 Å². The highest BCUT2D eigenvalue weighted by Gasteiger charge is 2.25. The Morgan fingerprint density at radius 3 is 2.74 bits per heavy atom. The predicted octanol–water partition coefficient (Wildman–Crippen LogP) is 1.37. The monoisotopic (exact) mass is 261 g/mol. The summed E-state index contributed by atoms with van der Waals surface area (Å²) in [5.41, 5.74) is 9.17. The maximum atomic E-state index is 11.7. The number of anilines is 1. The van der Waals surface area contributed by atoms with Crippen LogP contribution < -0.4 is 10.6 Å². The van der Waals surface area contributed by atoms with Crippen LogP contribution in [0.15, 0.2) is 18.2 Å². The van der Waals surface area contributed by atoms with Gasteiger partial charge in [0.1, 0.15) is 0 Å². The topological polar surface area (TPSA) is 49.6 Å². The average molecular weight is 261 g/mol. The Labute approximate surface area is 115 Å². The summed E-state index contributed by atoms with van der Waals surface area (Å²) < 4.78 is 0. The van der Waals surface area contributed by atoms with Crippen molar-refractivity contribution >= 4 is 11.6 Å². The van der Waals surface area contributed by atoms with Gasteiger partial charge in [-0.25, -0.2) is 0 Å². The molecule has 0 fully saturated rings. The summed E-state index contributed by atoms with van der Waals surface area (Å²) in [6, 6.07) is 6.27. The van der Waals surface area contributed by atoms with E-state index in [0.717, 1.165) is 17.8 Å². The number of amides is 1. The van der Waals surface area contributed by atoms with E-state index in [-0.39, 0.29) is 11.4 Å². The molecular weight excluding hydrogens is 238 g/mol. The second kappa shape index (κ2) is 4.94. The molecule has 19 heavy (non-hydrogen) atoms. The minimum Gasteiger partial charge on any atom is -0.329 e. The Morgan fingerprint density at radius 1 is 1.42 bits per heavy atom. The molecule has 0 aromatic heterocycles. The van der Waals surface area contributed by atoms with Gasteiger partial charge in [0, 0.05) is 31.4 Å². The maximum Gasteiger partial charge on any atom is 0.231 e. The summed E-state index contributed by atoms with van der Waals surface area (Å²) in [5, 5.41) is 0. The fourth-order valence-electron chi connectivity index (χ4n) is 2.27. The number of benzene rings is 1. The highest BCUT2D eigenvalue weighted by molar-refractivity contribution is 6.00. The molecule has 0 saturated carbocycles. The Hall–Kier alpha value is -1.39. The molecule has 4 heteroatoms. The molecule has 1 aliphatic heterocycles. The minimum atomic E-state index is -0.0222. The van der Waals surface area contributed by atoms with Crippen molar-refractivity contribution in [2.75, 3.05) is 25.5 Å². The first kappa shape index (κ1) is 14.0. The normalized spacial score (nSPS) is 15.3. The molecule has 0 aliphatic carbocycles. The van der Waals surface area contributed by atoms with Crippen molar-refractivity contribution in [3.63, 3.8) is 0 Å². The van der Waals surface area contributed by atoms with Crippen molar-refractivity contribution in [2.24, 2.45) is 5.73 Å². The van der Waals surface area contributed by atoms with Crippen LogP contribution in [0.4, 0.5) is 5.69 Å². The van der Waals surface area contributed by atoms with E-state index in [4.69, 9.17) is 5.73 Å². The molecule has 1 aromatic carbocycles. The first-order valence-electron chi connectivity index (χ1n) is 6.65. The molecule has 0 saturated heterocycles. The molecule has 1 heterocycles. The van der Waals surface area contributed by atoms with Crippen LogP contribution in [0.5, 0.6) is 0 Å². The van der Waals surface area contributed by atoms with Gasteiger partial charge in [0.15, 0.2) is 0 Å². The zero-order valence-electron chi connectivity index (χ0n) is 12.2. The lowest BCUT2D eigenvalue weighted by atomic mass is 10.0. The van der Waals surface area contributed by atoms with E-state index in [0.29, 0.717) is 13.0 Å². The summed E-state index contributed by atoms with van der Waals surface area (Å²) in [6.07, 6.45) is 0.518. The lowest BCUT2D eigenvalue weighted by molar-refractivity contribution is -0.117. The SMILES string of the molecule is CN1C(=O)Cc2cc(CN(C)C(C)(C)CN)ccc21. The minimum absolute atomic E-state index is 0.0222. The zero-order valence-corrected chi connectivity index (χ0v) is 12.2. The summed E-state index contributed by atoms with van der Waals surface area (Å²) in [7, 11) is 3.91. The molecule has 0 radical (unpaired) electrons. The number of hydrogen-bond acceptors (Lipinski definition) is 3. The van der Waals surface area contributed by atoms with Crippen molar-refractivity contribution in [1.82, 2.24) is 4.90 Å². The van der Waals surface area contributed by atoms with E-state index < -0.39 is 0 Å². The Balaban J connectivity index is 2.17. The molecule has 0 atom stereocenters. The van der Waals surface area contributed by atoms with Crippen LogP contribution in [0.2, 0.25) is 0 Å². The Bertz CT molecular complexity index is 496. The second-order valence-electron chi connectivity index (χ2n) is 5.97. The van der Waals surface area contributed by atoms with Gasteiger partial charge in [-0.1, -0.05) is 12.1 Å². The third-order valence-corrected chi connectivity index (χ3v) is 4.17. The van der Waals surface area contributed by atoms with Crippen molar-refractivity contribution in [3.05, 3.63) is 29.3 Å². The number of rotatable bonds is 4. The summed E-state index contributed by atoms with van der Waals surface area (Å²) in [4.78, 5) is 15.6. The number of likely N-dealkylation sites (N-methyl/N-ethyl adjacent to an activating group) is 2. The quantitative estimate of drug-likeness (QED) is 0.890. The van der Waals surface area contributed by atoms with Crippen LogP contribution >= 0.6 is 0 Å². The zero-order chi connectivity index (χ0) is 14.2. The van der Waals surface area contributed by atoms with E-state index in [2.05, 4.69) is 37.9 Å². The standard InChI is InChI=1S/C15H23N3O/c1-15(2,10-16)17(3)9-11-5-6-13-12(7-11)8-14(19)18(13)4/h5-7H,8-10,16H2,1-4H3. The van der Waals surface area contributed by atoms with Gasteiger partial charge in [0.2, 0.25) is 5.91 Å². The molecule has 2 rings (SSSR count). The fraction of sp³-hybridized carbons (Fsp3) is 0.533. The molecule has 1 aliphatic rings. The lowest BCUT2D eigenvalue weighted by Gasteiger charge is -2.34. The van der Waals surface area contributed by atoms with E-state index in [9.17, 15) is 4.79 Å². The first-order valence-corrected chi connectivity index (χ1v) is 6.65. The summed E-state index contributed by atoms with van der Waals surface area (Å²) >= 11 is 0. The van der Waals surface area contributed by atoms with E-state index in [1.165, 1.54) is 5.56 Å². The largest absolute Gasteiger partial charge is 0.329 e. The van der Waals surface area contributed by atoms with Crippen molar-refractivity contribution < 1.29 is 4.79 Å². The molecule has 4 nitrogen and oxygen atoms in total. The lowest BCUT2D eigenvalue weighted by Crippen LogP contribution is -2.46. The molecule has 104 valence electrons. The summed E-state index contributed by atoms with van der Waals surface area (Å²) in [5.74, 6) is 0.169. The Kier molecular flexibility index (Phi) is 3.65. The highest BCUT2D eigenvalue weighted by atomic mass is 16.2. The number of carbonyl (C=O) groups is 1. The van der Waals surface area contributed by atoms with Crippen LogP contribution in [-0.4, -0.2) is 37.0 Å². The summed E-state index contributed by atoms with van der Waals surface area (Å²) in [6.45, 7) is 5.74. The third kappa shape index (κ3) is 2.65. The molecule has 1 amide bonds. The second-order valence-corrected chi connectivity index (χ2v) is 5.97. The van der Waals surface area contributed by atoms with Crippen molar-refractivity contribution in [2.45, 2.75) is 32.4 Å². The molecule has 2 N–H and O–H groups in total. The molecule has 0 spiro atoms. The maximum absolute atomic E-state index is 11.7. The number of fused-ring (bicyclic) bond motifs is 1. The van der Waals surface area contributed by atoms with Crippen molar-refractivity contribution in [3.8, 4) is 0 Å². The molecule has 0 bridgehead atoms. The van der Waals surface area contributed by atoms with Crippen molar-refractivity contribution in [1.29, 1.82) is 0 Å². The number of carbonyl (C=O) groups excluding carboxylic acids is 1. The van der Waals surface area contributed by atoms with E-state index >= 15 is 0 Å². The van der Waals surface area contributed by atoms with Crippen LogP contribution in [-0.2, 0) is 17.8 Å². The van der Waals surface area contributed by atoms with Crippen LogP contribution in [0.25, 0.3) is 0 Å². The van der Waals surface area contributed by atoms with Gasteiger partial charge < -0.3 is 10.6 Å². The smallest absolute Gasteiger partial charge is 0.231 e. The van der Waals surface area contributed by atoms with Gasteiger partial charge in [-0.2, -0.15) is 0 Å². The van der Waals surface area contributed by atoms with E-state index in [1.54, 1.807) is 4.90 Å². The van der Waals surface area contributed by atoms with Gasteiger partial charge in [0.25, 0.3) is 0 Å². The molecule has 0 unspecified atom stereocenters. The number of hydrogen-bond donors (Lipinski definition) is 1. The van der Waals surface area contributed by atoms with Crippen LogP contribution in [0, 0.1) is 0 Å². The van der Waals surface area contributed by atoms with Gasteiger partial charge in [-0.3, -0.25) is 9.69 Å². The predicted molar refractivity (Wildman–Crippen MR) is 78.2 cm³/mol. The molecular formula is C15H23N3O. The first-order chi connectivity index (χ1) is 8.85. The van der Waals surface area contributed by atoms with Gasteiger partial charge in [0.05, 0.1) is 6.42 Å². The number of nitrogens with zero attached hydrogens (tertiary/aromatic N) is 2. The average Bonchev–Trinajstić information content (AvgIpc) is 2.64. The van der Waals surface area contributed by atoms with Gasteiger partial charge >= 0.3 is 0 Å². The van der Waals surface area contributed by atoms with Gasteiger partial charge in [-0.15, -0.1) is 0 Å². The Morgan fingerprint density at radius 2 is 2.11 bits per heavy atom. The van der Waals surface area contributed by atoms with Crippen LogP contribution in [0.1, 0.15) is 25.0 Å². The van der Waals surface area contributed by atoms with Crippen LogP contribution in [0.3, 0.4) is 0 Å². The van der Waals surface area contributed by atoms with E-state index in [1.807, 2.05) is 13.1 Å². The third-order valence-electron chi connectivity index (χ3n) is 4.17. The molecule has 1 aromatic rings. The fourth-order valence-corrected chi connectivity index (χ4v) is 2.27. The highest BCUT2D eigenvalue weighted by Crippen LogP contribution is 2.29. The number of nitrogens with two attached hydrogens (primary N) is 1.